The summed E-state index contributed by atoms with van der Waals surface area (Å²) < 4.78 is 33.8. The average molecular weight is 295 g/mol. The number of nitrogens with zero attached hydrogens (tertiary/aromatic N) is 1. The van der Waals surface area contributed by atoms with Gasteiger partial charge in [0.25, 0.3) is 5.92 Å². The van der Waals surface area contributed by atoms with E-state index in [9.17, 15) is 13.6 Å². The van der Waals surface area contributed by atoms with Crippen LogP contribution in [0.5, 0.6) is 0 Å². The molecule has 0 bridgehead atoms. The lowest BCUT2D eigenvalue weighted by Crippen LogP contribution is -2.47. The molecule has 1 heterocycles. The Bertz CT molecular complexity index is 535. The number of amides is 1. The number of ether oxygens (including phenoxy) is 1. The molecule has 0 spiro atoms. The third-order valence-electron chi connectivity index (χ3n) is 3.06. The standard InChI is InChI=1S/C16H19F2NO2/c1-15(2,3)21-14(20)19-11-7-10-16(17,18)13(19)12-8-5-4-6-9-12/h4-10,13H,11H2,1-3H3. The zero-order valence-electron chi connectivity index (χ0n) is 12.3. The van der Waals surface area contributed by atoms with Crippen molar-refractivity contribution in [3.63, 3.8) is 0 Å². The molecule has 0 saturated heterocycles. The van der Waals surface area contributed by atoms with Crippen LogP contribution in [0.2, 0.25) is 0 Å². The van der Waals surface area contributed by atoms with Crippen LogP contribution in [0.4, 0.5) is 13.6 Å². The zero-order chi connectivity index (χ0) is 15.7. The normalized spacial score (nSPS) is 21.2. The first-order valence-electron chi connectivity index (χ1n) is 6.81. The van der Waals surface area contributed by atoms with Gasteiger partial charge in [0.05, 0.1) is 0 Å². The minimum absolute atomic E-state index is 0.101. The van der Waals surface area contributed by atoms with E-state index in [-0.39, 0.29) is 6.54 Å². The Hall–Kier alpha value is -1.91. The summed E-state index contributed by atoms with van der Waals surface area (Å²) in [5, 5.41) is 0. The molecule has 0 radical (unpaired) electrons. The van der Waals surface area contributed by atoms with E-state index in [0.717, 1.165) is 11.0 Å². The van der Waals surface area contributed by atoms with Crippen molar-refractivity contribution in [2.75, 3.05) is 6.54 Å². The quantitative estimate of drug-likeness (QED) is 0.728. The van der Waals surface area contributed by atoms with Crippen LogP contribution in [0.25, 0.3) is 0 Å². The molecule has 2 rings (SSSR count). The van der Waals surface area contributed by atoms with Gasteiger partial charge in [-0.05, 0) is 32.4 Å². The van der Waals surface area contributed by atoms with Crippen LogP contribution in [-0.4, -0.2) is 29.1 Å². The zero-order valence-corrected chi connectivity index (χ0v) is 12.3. The molecular weight excluding hydrogens is 276 g/mol. The predicted molar refractivity (Wildman–Crippen MR) is 76.2 cm³/mol. The van der Waals surface area contributed by atoms with Crippen molar-refractivity contribution in [1.29, 1.82) is 0 Å². The number of hydrogen-bond donors (Lipinski definition) is 0. The lowest BCUT2D eigenvalue weighted by molar-refractivity contribution is -0.0578. The Balaban J connectivity index is 2.35. The molecule has 1 aliphatic heterocycles. The van der Waals surface area contributed by atoms with Crippen molar-refractivity contribution in [3.8, 4) is 0 Å². The molecule has 0 fully saturated rings. The lowest BCUT2D eigenvalue weighted by Gasteiger charge is -2.38. The largest absolute Gasteiger partial charge is 0.444 e. The van der Waals surface area contributed by atoms with E-state index in [1.807, 2.05) is 0 Å². The Morgan fingerprint density at radius 3 is 2.48 bits per heavy atom. The summed E-state index contributed by atoms with van der Waals surface area (Å²) in [5.41, 5.74) is -0.341. The number of halogens is 2. The SMILES string of the molecule is CC(C)(C)OC(=O)N1CC=CC(F)(F)C1c1ccccc1. The maximum absolute atomic E-state index is 14.3. The molecule has 0 aromatic heterocycles. The Morgan fingerprint density at radius 2 is 1.90 bits per heavy atom. The third-order valence-corrected chi connectivity index (χ3v) is 3.06. The number of benzene rings is 1. The van der Waals surface area contributed by atoms with Gasteiger partial charge in [0.15, 0.2) is 0 Å². The van der Waals surface area contributed by atoms with Gasteiger partial charge < -0.3 is 4.74 Å². The van der Waals surface area contributed by atoms with Gasteiger partial charge in [-0.25, -0.2) is 4.79 Å². The number of alkyl halides is 2. The van der Waals surface area contributed by atoms with Gasteiger partial charge in [-0.1, -0.05) is 36.4 Å². The van der Waals surface area contributed by atoms with E-state index in [4.69, 9.17) is 4.74 Å². The molecule has 1 aromatic rings. The van der Waals surface area contributed by atoms with Crippen LogP contribution in [0.1, 0.15) is 32.4 Å². The second-order valence-electron chi connectivity index (χ2n) is 6.02. The summed E-state index contributed by atoms with van der Waals surface area (Å²) >= 11 is 0. The highest BCUT2D eigenvalue weighted by atomic mass is 19.3. The average Bonchev–Trinajstić information content (AvgIpc) is 2.36. The molecule has 1 aliphatic rings. The minimum atomic E-state index is -3.13. The maximum Gasteiger partial charge on any atom is 0.411 e. The summed E-state index contributed by atoms with van der Waals surface area (Å²) in [4.78, 5) is 13.3. The molecule has 0 aliphatic carbocycles. The van der Waals surface area contributed by atoms with Crippen molar-refractivity contribution in [2.24, 2.45) is 0 Å². The van der Waals surface area contributed by atoms with Crippen molar-refractivity contribution < 1.29 is 18.3 Å². The fourth-order valence-electron chi connectivity index (χ4n) is 2.27. The van der Waals surface area contributed by atoms with Crippen molar-refractivity contribution >= 4 is 6.09 Å². The summed E-state index contributed by atoms with van der Waals surface area (Å²) in [6, 6.07) is 6.94. The van der Waals surface area contributed by atoms with Crippen LogP contribution in [0.15, 0.2) is 42.5 Å². The molecule has 21 heavy (non-hydrogen) atoms. The number of carbonyl (C=O) groups excluding carboxylic acids is 1. The molecule has 114 valence electrons. The number of hydrogen-bond acceptors (Lipinski definition) is 2. The van der Waals surface area contributed by atoms with Gasteiger partial charge in [-0.3, -0.25) is 4.90 Å². The van der Waals surface area contributed by atoms with E-state index in [1.54, 1.807) is 51.1 Å². The van der Waals surface area contributed by atoms with Crippen LogP contribution < -0.4 is 0 Å². The van der Waals surface area contributed by atoms with E-state index >= 15 is 0 Å². The van der Waals surface area contributed by atoms with Gasteiger partial charge in [0.2, 0.25) is 0 Å². The van der Waals surface area contributed by atoms with E-state index in [2.05, 4.69) is 0 Å². The summed E-state index contributed by atoms with van der Waals surface area (Å²) in [6.45, 7) is 5.23. The first kappa shape index (κ1) is 15.5. The maximum atomic E-state index is 14.3. The smallest absolute Gasteiger partial charge is 0.411 e. The molecule has 1 unspecified atom stereocenters. The van der Waals surface area contributed by atoms with Crippen molar-refractivity contribution in [1.82, 2.24) is 4.90 Å². The van der Waals surface area contributed by atoms with Gasteiger partial charge >= 0.3 is 6.09 Å². The molecular formula is C16H19F2NO2. The Morgan fingerprint density at radius 1 is 1.29 bits per heavy atom. The highest BCUT2D eigenvalue weighted by Crippen LogP contribution is 2.40. The van der Waals surface area contributed by atoms with Gasteiger partial charge in [0.1, 0.15) is 11.6 Å². The first-order valence-corrected chi connectivity index (χ1v) is 6.81. The van der Waals surface area contributed by atoms with Crippen molar-refractivity contribution in [3.05, 3.63) is 48.0 Å². The van der Waals surface area contributed by atoms with Gasteiger partial charge in [-0.15, -0.1) is 0 Å². The van der Waals surface area contributed by atoms with E-state index in [0.29, 0.717) is 5.56 Å². The predicted octanol–water partition coefficient (Wildman–Crippen LogP) is 4.17. The molecule has 1 amide bonds. The van der Waals surface area contributed by atoms with Crippen LogP contribution in [-0.2, 0) is 4.74 Å². The van der Waals surface area contributed by atoms with E-state index in [1.165, 1.54) is 6.08 Å². The molecule has 0 N–H and O–H groups in total. The van der Waals surface area contributed by atoms with Gasteiger partial charge in [0, 0.05) is 6.54 Å². The van der Waals surface area contributed by atoms with Crippen LogP contribution in [0.3, 0.4) is 0 Å². The fraction of sp³-hybridized carbons (Fsp3) is 0.438. The molecule has 5 heteroatoms. The minimum Gasteiger partial charge on any atom is -0.444 e. The van der Waals surface area contributed by atoms with Crippen LogP contribution >= 0.6 is 0 Å². The second-order valence-corrected chi connectivity index (χ2v) is 6.02. The Kier molecular flexibility index (Phi) is 4.03. The molecule has 0 saturated carbocycles. The first-order chi connectivity index (χ1) is 9.71. The summed E-state index contributed by atoms with van der Waals surface area (Å²) in [7, 11) is 0. The molecule has 1 atom stereocenters. The van der Waals surface area contributed by atoms with Crippen LogP contribution in [0, 0.1) is 0 Å². The molecule has 3 nitrogen and oxygen atoms in total. The number of rotatable bonds is 1. The third kappa shape index (κ3) is 3.60. The summed E-state index contributed by atoms with van der Waals surface area (Å²) in [6.07, 6.45) is 1.41. The van der Waals surface area contributed by atoms with Crippen molar-refractivity contribution in [2.45, 2.75) is 38.3 Å². The fourth-order valence-corrected chi connectivity index (χ4v) is 2.27. The van der Waals surface area contributed by atoms with E-state index < -0.39 is 23.7 Å². The van der Waals surface area contributed by atoms with Gasteiger partial charge in [-0.2, -0.15) is 8.78 Å². The number of carbonyl (C=O) groups is 1. The highest BCUT2D eigenvalue weighted by Gasteiger charge is 2.46. The monoisotopic (exact) mass is 295 g/mol. The topological polar surface area (TPSA) is 29.5 Å². The Labute approximate surface area is 123 Å². The lowest BCUT2D eigenvalue weighted by atomic mass is 9.96. The highest BCUT2D eigenvalue weighted by molar-refractivity contribution is 5.69. The molecule has 1 aromatic carbocycles. The second kappa shape index (κ2) is 5.47. The summed E-state index contributed by atoms with van der Waals surface area (Å²) in [5.74, 6) is -3.13.